The Balaban J connectivity index is 1.93. The molecule has 0 aliphatic heterocycles. The quantitative estimate of drug-likeness (QED) is 0.680. The van der Waals surface area contributed by atoms with E-state index in [4.69, 9.17) is 9.15 Å². The number of amides is 1. The number of fused-ring (bicyclic) bond motifs is 1. The van der Waals surface area contributed by atoms with Crippen LogP contribution in [0.5, 0.6) is 0 Å². The van der Waals surface area contributed by atoms with E-state index >= 15 is 0 Å². The number of carbonyl (C=O) groups excluding carboxylic acids is 2. The Morgan fingerprint density at radius 1 is 1.25 bits per heavy atom. The fraction of sp³-hybridized carbons (Fsp3) is 0.300. The molecule has 8 heteroatoms. The average molecular weight is 383 g/mol. The van der Waals surface area contributed by atoms with Crippen molar-refractivity contribution in [1.82, 2.24) is 9.55 Å². The molecule has 2 heterocycles. The first-order valence-corrected chi connectivity index (χ1v) is 8.85. The summed E-state index contributed by atoms with van der Waals surface area (Å²) >= 11 is 0. The second-order valence-electron chi connectivity index (χ2n) is 6.41. The number of aryl methyl sites for hydroxylation is 2. The minimum atomic E-state index is -0.657. The maximum Gasteiger partial charge on any atom is 0.342 e. The first kappa shape index (κ1) is 19.3. The van der Waals surface area contributed by atoms with E-state index in [0.717, 1.165) is 15.7 Å². The van der Waals surface area contributed by atoms with Gasteiger partial charge in [-0.05, 0) is 44.9 Å². The average Bonchev–Trinajstić information content (AvgIpc) is 2.98. The molecule has 0 saturated heterocycles. The van der Waals surface area contributed by atoms with E-state index in [1.54, 1.807) is 19.9 Å². The second kappa shape index (κ2) is 7.67. The van der Waals surface area contributed by atoms with Crippen molar-refractivity contribution in [3.8, 4) is 0 Å². The number of ether oxygens (including phenoxy) is 1. The summed E-state index contributed by atoms with van der Waals surface area (Å²) in [4.78, 5) is 41.6. The highest BCUT2D eigenvalue weighted by atomic mass is 16.5. The van der Waals surface area contributed by atoms with Gasteiger partial charge in [0.2, 0.25) is 11.6 Å². The van der Waals surface area contributed by atoms with Crippen LogP contribution in [0.15, 0.2) is 33.7 Å². The lowest BCUT2D eigenvalue weighted by Gasteiger charge is -2.11. The number of esters is 1. The van der Waals surface area contributed by atoms with Crippen LogP contribution in [0.1, 0.15) is 34.2 Å². The van der Waals surface area contributed by atoms with Crippen molar-refractivity contribution in [3.63, 3.8) is 0 Å². The third kappa shape index (κ3) is 3.53. The number of furan rings is 1. The van der Waals surface area contributed by atoms with E-state index in [1.807, 2.05) is 26.0 Å². The molecule has 0 aliphatic carbocycles. The SMILES string of the molecule is CCOC(=O)c1c(C)oc2ncn(CC(=O)Nc3cccc(C)c3C)c(=O)c12. The zero-order valence-electron chi connectivity index (χ0n) is 16.2. The Kier molecular flexibility index (Phi) is 5.30. The van der Waals surface area contributed by atoms with Gasteiger partial charge in [-0.2, -0.15) is 0 Å². The van der Waals surface area contributed by atoms with Gasteiger partial charge >= 0.3 is 5.97 Å². The Labute approximate surface area is 161 Å². The molecule has 0 aliphatic rings. The highest BCUT2D eigenvalue weighted by Crippen LogP contribution is 2.22. The van der Waals surface area contributed by atoms with Crippen molar-refractivity contribution in [2.45, 2.75) is 34.2 Å². The molecule has 146 valence electrons. The van der Waals surface area contributed by atoms with Gasteiger partial charge in [-0.25, -0.2) is 9.78 Å². The lowest BCUT2D eigenvalue weighted by Crippen LogP contribution is -2.28. The minimum absolute atomic E-state index is 0.0120. The Morgan fingerprint density at radius 3 is 2.71 bits per heavy atom. The zero-order valence-corrected chi connectivity index (χ0v) is 16.2. The molecule has 8 nitrogen and oxygen atoms in total. The number of anilines is 1. The third-order valence-electron chi connectivity index (χ3n) is 4.53. The highest BCUT2D eigenvalue weighted by Gasteiger charge is 2.24. The first-order valence-electron chi connectivity index (χ1n) is 8.85. The van der Waals surface area contributed by atoms with Gasteiger partial charge in [0.25, 0.3) is 5.56 Å². The number of hydrogen-bond donors (Lipinski definition) is 1. The van der Waals surface area contributed by atoms with Crippen LogP contribution in [0.4, 0.5) is 5.69 Å². The van der Waals surface area contributed by atoms with Gasteiger partial charge in [0.1, 0.15) is 29.6 Å². The molecule has 28 heavy (non-hydrogen) atoms. The van der Waals surface area contributed by atoms with Crippen LogP contribution in [0.2, 0.25) is 0 Å². The fourth-order valence-electron chi connectivity index (χ4n) is 2.93. The summed E-state index contributed by atoms with van der Waals surface area (Å²) in [6.45, 7) is 7.00. The Hall–Kier alpha value is -3.42. The molecule has 1 N–H and O–H groups in total. The summed E-state index contributed by atoms with van der Waals surface area (Å²) in [5.74, 6) is -0.791. The molecule has 0 fully saturated rings. The normalized spacial score (nSPS) is 10.9. The molecule has 1 amide bonds. The van der Waals surface area contributed by atoms with Crippen LogP contribution >= 0.6 is 0 Å². The van der Waals surface area contributed by atoms with E-state index in [-0.39, 0.29) is 41.5 Å². The van der Waals surface area contributed by atoms with E-state index in [2.05, 4.69) is 10.3 Å². The molecule has 1 aromatic carbocycles. The smallest absolute Gasteiger partial charge is 0.342 e. The van der Waals surface area contributed by atoms with E-state index in [9.17, 15) is 14.4 Å². The summed E-state index contributed by atoms with van der Waals surface area (Å²) in [6.07, 6.45) is 1.23. The van der Waals surface area contributed by atoms with Gasteiger partial charge in [0.05, 0.1) is 6.61 Å². The molecular formula is C20H21N3O5. The van der Waals surface area contributed by atoms with Gasteiger partial charge < -0.3 is 14.5 Å². The number of carbonyl (C=O) groups is 2. The number of rotatable bonds is 5. The zero-order chi connectivity index (χ0) is 20.4. The van der Waals surface area contributed by atoms with Crippen molar-refractivity contribution < 1.29 is 18.7 Å². The number of benzene rings is 1. The van der Waals surface area contributed by atoms with Crippen molar-refractivity contribution in [1.29, 1.82) is 0 Å². The lowest BCUT2D eigenvalue weighted by molar-refractivity contribution is -0.116. The van der Waals surface area contributed by atoms with Crippen LogP contribution in [0.25, 0.3) is 11.1 Å². The summed E-state index contributed by atoms with van der Waals surface area (Å²) in [5, 5.41) is 2.81. The third-order valence-corrected chi connectivity index (χ3v) is 4.53. The number of aromatic nitrogens is 2. The van der Waals surface area contributed by atoms with Gasteiger partial charge in [-0.15, -0.1) is 0 Å². The molecule has 0 atom stereocenters. The number of nitrogens with zero attached hydrogens (tertiary/aromatic N) is 2. The Bertz CT molecular complexity index is 1130. The molecule has 0 spiro atoms. The van der Waals surface area contributed by atoms with Gasteiger partial charge in [-0.3, -0.25) is 14.2 Å². The van der Waals surface area contributed by atoms with Crippen LogP contribution < -0.4 is 10.9 Å². The number of nitrogens with one attached hydrogen (secondary N) is 1. The summed E-state index contributed by atoms with van der Waals surface area (Å²) in [6, 6.07) is 5.59. The van der Waals surface area contributed by atoms with Crippen LogP contribution in [0, 0.1) is 20.8 Å². The molecule has 0 unspecified atom stereocenters. The van der Waals surface area contributed by atoms with E-state index < -0.39 is 11.5 Å². The van der Waals surface area contributed by atoms with Gasteiger partial charge in [0, 0.05) is 5.69 Å². The minimum Gasteiger partial charge on any atom is -0.462 e. The second-order valence-corrected chi connectivity index (χ2v) is 6.41. The summed E-state index contributed by atoms with van der Waals surface area (Å²) < 4.78 is 11.5. The van der Waals surface area contributed by atoms with Gasteiger partial charge in [0.15, 0.2) is 0 Å². The van der Waals surface area contributed by atoms with E-state index in [1.165, 1.54) is 6.33 Å². The van der Waals surface area contributed by atoms with Crippen LogP contribution in [-0.2, 0) is 16.1 Å². The monoisotopic (exact) mass is 383 g/mol. The lowest BCUT2D eigenvalue weighted by atomic mass is 10.1. The largest absolute Gasteiger partial charge is 0.462 e. The molecule has 0 bridgehead atoms. The predicted molar refractivity (Wildman–Crippen MR) is 104 cm³/mol. The molecule has 3 aromatic rings. The topological polar surface area (TPSA) is 103 Å². The highest BCUT2D eigenvalue weighted by molar-refractivity contribution is 6.03. The Morgan fingerprint density at radius 2 is 2.00 bits per heavy atom. The van der Waals surface area contributed by atoms with Crippen LogP contribution in [-0.4, -0.2) is 28.0 Å². The fourth-order valence-corrected chi connectivity index (χ4v) is 2.93. The number of hydrogen-bond acceptors (Lipinski definition) is 6. The van der Waals surface area contributed by atoms with Crippen LogP contribution in [0.3, 0.4) is 0 Å². The maximum absolute atomic E-state index is 12.9. The first-order chi connectivity index (χ1) is 13.3. The molecule has 2 aromatic heterocycles. The van der Waals surface area contributed by atoms with Crippen molar-refractivity contribution >= 4 is 28.7 Å². The van der Waals surface area contributed by atoms with Crippen molar-refractivity contribution in [2.24, 2.45) is 0 Å². The van der Waals surface area contributed by atoms with E-state index in [0.29, 0.717) is 5.69 Å². The molecule has 0 radical (unpaired) electrons. The molecule has 3 rings (SSSR count). The molecule has 0 saturated carbocycles. The summed E-state index contributed by atoms with van der Waals surface area (Å²) in [7, 11) is 0. The molecular weight excluding hydrogens is 362 g/mol. The maximum atomic E-state index is 12.9. The van der Waals surface area contributed by atoms with Crippen molar-refractivity contribution in [3.05, 3.63) is 57.3 Å². The van der Waals surface area contributed by atoms with Gasteiger partial charge in [-0.1, -0.05) is 12.1 Å². The van der Waals surface area contributed by atoms with Crippen molar-refractivity contribution in [2.75, 3.05) is 11.9 Å². The predicted octanol–water partition coefficient (Wildman–Crippen LogP) is 2.73. The summed E-state index contributed by atoms with van der Waals surface area (Å²) in [5.41, 5.74) is 2.22. The standard InChI is InChI=1S/C20H21N3O5/c1-5-27-20(26)16-13(4)28-18-17(16)19(25)23(10-21-18)9-15(24)22-14-8-6-7-11(2)12(14)3/h6-8,10H,5,9H2,1-4H3,(H,22,24).